The molecule has 0 aromatic heterocycles. The van der Waals surface area contributed by atoms with Crippen molar-refractivity contribution < 1.29 is 48.0 Å². The average Bonchev–Trinajstić information content (AvgIpc) is 2.84. The van der Waals surface area contributed by atoms with Gasteiger partial charge in [0.15, 0.2) is 11.5 Å². The number of ether oxygens (including phenoxy) is 5. The van der Waals surface area contributed by atoms with E-state index in [1.807, 2.05) is 0 Å². The van der Waals surface area contributed by atoms with Crippen molar-refractivity contribution in [3.63, 3.8) is 0 Å². The molecular weight excluding hydrogens is 450 g/mol. The number of rotatable bonds is 9. The van der Waals surface area contributed by atoms with Gasteiger partial charge >= 0.3 is 24.2 Å². The Morgan fingerprint density at radius 3 is 2.15 bits per heavy atom. The number of benzene rings is 1. The Hall–Kier alpha value is -3.34. The third-order valence-electron chi connectivity index (χ3n) is 5.78. The van der Waals surface area contributed by atoms with E-state index in [1.54, 1.807) is 6.92 Å². The Balaban J connectivity index is 2.29. The fraction of sp³-hybridized carbons (Fsp3) is 0.565. The number of methoxy groups -OCH3 is 2. The van der Waals surface area contributed by atoms with Crippen LogP contribution < -0.4 is 15.2 Å². The largest absolute Gasteiger partial charge is 0.513 e. The molecule has 1 aliphatic carbocycles. The number of hydrogen-bond acceptors (Lipinski definition) is 10. The molecule has 0 heterocycles. The molecule has 34 heavy (non-hydrogen) atoms. The van der Waals surface area contributed by atoms with Crippen molar-refractivity contribution in [3.8, 4) is 11.5 Å². The van der Waals surface area contributed by atoms with Crippen molar-refractivity contribution in [1.82, 2.24) is 0 Å². The second-order valence-corrected chi connectivity index (χ2v) is 8.15. The van der Waals surface area contributed by atoms with Crippen LogP contribution in [0, 0.1) is 11.8 Å². The molecular formula is C23H31NO10. The minimum absolute atomic E-state index is 0.0470. The van der Waals surface area contributed by atoms with Gasteiger partial charge < -0.3 is 34.5 Å². The molecule has 1 aromatic carbocycles. The first-order chi connectivity index (χ1) is 16.2. The maximum atomic E-state index is 12.4. The third-order valence-corrected chi connectivity index (χ3v) is 5.78. The second kappa shape index (κ2) is 12.8. The number of nitrogens with two attached hydrogens (primary N) is 1. The van der Waals surface area contributed by atoms with Crippen LogP contribution in [0.2, 0.25) is 0 Å². The van der Waals surface area contributed by atoms with Crippen LogP contribution >= 0.6 is 0 Å². The SMILES string of the molecule is COC(=O)Oc1ccc(C(C(C)COC(=O)C2CCCCC2)[C@H](N)C(=O)O)cc1OC(=O)OC. The van der Waals surface area contributed by atoms with Crippen LogP contribution in [0.5, 0.6) is 11.5 Å². The molecule has 0 bridgehead atoms. The van der Waals surface area contributed by atoms with E-state index in [9.17, 15) is 24.3 Å². The van der Waals surface area contributed by atoms with Gasteiger partial charge in [-0.25, -0.2) is 9.59 Å². The molecule has 0 saturated heterocycles. The Kier molecular flexibility index (Phi) is 10.1. The molecule has 2 unspecified atom stereocenters. The first-order valence-corrected chi connectivity index (χ1v) is 11.0. The summed E-state index contributed by atoms with van der Waals surface area (Å²) < 4.78 is 24.5. The lowest BCUT2D eigenvalue weighted by atomic mass is 9.82. The predicted molar refractivity (Wildman–Crippen MR) is 118 cm³/mol. The molecule has 0 spiro atoms. The Bertz CT molecular complexity index is 881. The summed E-state index contributed by atoms with van der Waals surface area (Å²) >= 11 is 0. The highest BCUT2D eigenvalue weighted by molar-refractivity contribution is 5.75. The van der Waals surface area contributed by atoms with Gasteiger partial charge in [0.2, 0.25) is 0 Å². The highest BCUT2D eigenvalue weighted by Gasteiger charge is 2.33. The lowest BCUT2D eigenvalue weighted by Gasteiger charge is -2.29. The van der Waals surface area contributed by atoms with Gasteiger partial charge in [-0.3, -0.25) is 9.59 Å². The van der Waals surface area contributed by atoms with E-state index in [4.69, 9.17) is 19.9 Å². The molecule has 11 heteroatoms. The summed E-state index contributed by atoms with van der Waals surface area (Å²) in [6, 6.07) is 2.76. The number of carboxylic acid groups (broad SMARTS) is 1. The zero-order chi connectivity index (χ0) is 25.3. The van der Waals surface area contributed by atoms with Gasteiger partial charge in [0.25, 0.3) is 0 Å². The predicted octanol–water partition coefficient (Wildman–Crippen LogP) is 3.23. The summed E-state index contributed by atoms with van der Waals surface area (Å²) in [6.45, 7) is 1.66. The Labute approximate surface area is 197 Å². The minimum Gasteiger partial charge on any atom is -0.480 e. The molecule has 3 atom stereocenters. The summed E-state index contributed by atoms with van der Waals surface area (Å²) in [6.07, 6.45) is 2.48. The maximum Gasteiger partial charge on any atom is 0.513 e. The minimum atomic E-state index is -1.36. The van der Waals surface area contributed by atoms with Crippen molar-refractivity contribution >= 4 is 24.2 Å². The molecule has 1 saturated carbocycles. The number of aliphatic carboxylic acids is 1. The van der Waals surface area contributed by atoms with E-state index in [0.29, 0.717) is 5.56 Å². The summed E-state index contributed by atoms with van der Waals surface area (Å²) in [5.74, 6) is -3.40. The van der Waals surface area contributed by atoms with Crippen molar-refractivity contribution in [3.05, 3.63) is 23.8 Å². The smallest absolute Gasteiger partial charge is 0.480 e. The molecule has 11 nitrogen and oxygen atoms in total. The first kappa shape index (κ1) is 26.9. The molecule has 0 amide bonds. The lowest BCUT2D eigenvalue weighted by molar-refractivity contribution is -0.151. The fourth-order valence-corrected chi connectivity index (χ4v) is 3.98. The highest BCUT2D eigenvalue weighted by Crippen LogP contribution is 2.36. The van der Waals surface area contributed by atoms with Crippen LogP contribution in [-0.4, -0.2) is 56.2 Å². The molecule has 0 aliphatic heterocycles. The molecule has 2 rings (SSSR count). The number of carbonyl (C=O) groups is 4. The third kappa shape index (κ3) is 7.34. The van der Waals surface area contributed by atoms with Crippen molar-refractivity contribution in [2.24, 2.45) is 17.6 Å². The number of esters is 1. The highest BCUT2D eigenvalue weighted by atomic mass is 16.7. The molecule has 188 valence electrons. The van der Waals surface area contributed by atoms with Gasteiger partial charge in [0.1, 0.15) is 6.04 Å². The van der Waals surface area contributed by atoms with Gasteiger partial charge in [-0.2, -0.15) is 0 Å². The van der Waals surface area contributed by atoms with Gasteiger partial charge in [-0.1, -0.05) is 32.3 Å². The van der Waals surface area contributed by atoms with E-state index < -0.39 is 36.2 Å². The van der Waals surface area contributed by atoms with Crippen LogP contribution in [0.25, 0.3) is 0 Å². The summed E-state index contributed by atoms with van der Waals surface area (Å²) in [5.41, 5.74) is 6.35. The maximum absolute atomic E-state index is 12.4. The van der Waals surface area contributed by atoms with Crippen LogP contribution in [0.3, 0.4) is 0 Å². The van der Waals surface area contributed by atoms with E-state index in [0.717, 1.165) is 46.3 Å². The van der Waals surface area contributed by atoms with Crippen LogP contribution in [0.1, 0.15) is 50.5 Å². The molecule has 1 fully saturated rings. The quantitative estimate of drug-likeness (QED) is 0.303. The van der Waals surface area contributed by atoms with Crippen LogP contribution in [0.15, 0.2) is 18.2 Å². The molecule has 3 N–H and O–H groups in total. The van der Waals surface area contributed by atoms with E-state index in [-0.39, 0.29) is 30.0 Å². The van der Waals surface area contributed by atoms with Gasteiger partial charge in [-0.15, -0.1) is 0 Å². The Morgan fingerprint density at radius 2 is 1.59 bits per heavy atom. The summed E-state index contributed by atoms with van der Waals surface area (Å²) in [7, 11) is 2.20. The summed E-state index contributed by atoms with van der Waals surface area (Å²) in [4.78, 5) is 47.4. The van der Waals surface area contributed by atoms with E-state index in [1.165, 1.54) is 18.2 Å². The van der Waals surface area contributed by atoms with Crippen LogP contribution in [0.4, 0.5) is 9.59 Å². The number of carbonyl (C=O) groups excluding carboxylic acids is 3. The lowest BCUT2D eigenvalue weighted by Crippen LogP contribution is -2.41. The number of carboxylic acids is 1. The van der Waals surface area contributed by atoms with Gasteiger partial charge in [-0.05, 0) is 36.5 Å². The van der Waals surface area contributed by atoms with E-state index in [2.05, 4.69) is 9.47 Å². The average molecular weight is 481 g/mol. The van der Waals surface area contributed by atoms with Crippen LogP contribution in [-0.2, 0) is 23.8 Å². The zero-order valence-electron chi connectivity index (χ0n) is 19.5. The standard InChI is InChI=1S/C23H31NO10/c1-13(12-32-21(27)14-7-5-4-6-8-14)18(19(24)20(25)26)15-9-10-16(33-22(28)30-2)17(11-15)34-23(29)31-3/h9-11,13-14,18-19H,4-8,12,24H2,1-3H3,(H,25,26)/t13?,18?,19-/m0/s1. The first-order valence-electron chi connectivity index (χ1n) is 11.0. The fourth-order valence-electron chi connectivity index (χ4n) is 3.98. The molecule has 1 aliphatic rings. The molecule has 0 radical (unpaired) electrons. The Morgan fingerprint density at radius 1 is 1.00 bits per heavy atom. The zero-order valence-corrected chi connectivity index (χ0v) is 19.5. The van der Waals surface area contributed by atoms with E-state index >= 15 is 0 Å². The van der Waals surface area contributed by atoms with Gasteiger partial charge in [0, 0.05) is 5.92 Å². The van der Waals surface area contributed by atoms with Crippen molar-refractivity contribution in [1.29, 1.82) is 0 Å². The topological polar surface area (TPSA) is 161 Å². The molecule has 1 aromatic rings. The normalized spacial score (nSPS) is 16.5. The monoisotopic (exact) mass is 481 g/mol. The van der Waals surface area contributed by atoms with Gasteiger partial charge in [0.05, 0.1) is 26.7 Å². The summed E-state index contributed by atoms with van der Waals surface area (Å²) in [5, 5.41) is 9.58. The second-order valence-electron chi connectivity index (χ2n) is 8.15. The van der Waals surface area contributed by atoms with Crippen molar-refractivity contribution in [2.75, 3.05) is 20.8 Å². The van der Waals surface area contributed by atoms with Crippen molar-refractivity contribution in [2.45, 2.75) is 51.0 Å². The number of hydrogen-bond donors (Lipinski definition) is 2.